The monoisotopic (exact) mass is 358 g/mol. The van der Waals surface area contributed by atoms with E-state index in [2.05, 4.69) is 5.32 Å². The van der Waals surface area contributed by atoms with E-state index in [0.29, 0.717) is 30.2 Å². The van der Waals surface area contributed by atoms with Gasteiger partial charge in [0, 0.05) is 20.0 Å². The van der Waals surface area contributed by atoms with Crippen LogP contribution in [0, 0.1) is 13.8 Å². The zero-order valence-electron chi connectivity index (χ0n) is 14.8. The maximum absolute atomic E-state index is 12.1. The highest BCUT2D eigenvalue weighted by atomic mass is 35.5. The van der Waals surface area contributed by atoms with Gasteiger partial charge in [0.15, 0.2) is 0 Å². The third-order valence-electron chi connectivity index (χ3n) is 3.91. The molecule has 0 spiro atoms. The number of carbonyl (C=O) groups excluding carboxylic acids is 2. The van der Waals surface area contributed by atoms with Gasteiger partial charge in [0.1, 0.15) is 0 Å². The Morgan fingerprint density at radius 1 is 1.12 bits per heavy atom. The molecule has 2 rings (SSSR count). The molecule has 0 fully saturated rings. The Morgan fingerprint density at radius 3 is 2.40 bits per heavy atom. The molecule has 0 saturated heterocycles. The minimum Gasteiger partial charge on any atom is -0.354 e. The molecule has 0 bridgehead atoms. The van der Waals surface area contributed by atoms with E-state index in [4.69, 9.17) is 11.6 Å². The lowest BCUT2D eigenvalue weighted by molar-refractivity contribution is -0.121. The van der Waals surface area contributed by atoms with Gasteiger partial charge in [-0.15, -0.1) is 0 Å². The molecule has 0 radical (unpaired) electrons. The van der Waals surface area contributed by atoms with Crippen LogP contribution in [0.2, 0.25) is 5.02 Å². The molecular weight excluding hydrogens is 336 g/mol. The summed E-state index contributed by atoms with van der Waals surface area (Å²) in [5.74, 6) is -0.174. The van der Waals surface area contributed by atoms with Crippen molar-refractivity contribution < 1.29 is 9.59 Å². The van der Waals surface area contributed by atoms with Crippen molar-refractivity contribution in [1.82, 2.24) is 5.32 Å². The topological polar surface area (TPSA) is 49.4 Å². The van der Waals surface area contributed by atoms with Crippen molar-refractivity contribution in [2.24, 2.45) is 0 Å². The number of hydrogen-bond acceptors (Lipinski definition) is 2. The van der Waals surface area contributed by atoms with Crippen LogP contribution in [-0.4, -0.2) is 24.9 Å². The van der Waals surface area contributed by atoms with Gasteiger partial charge in [-0.3, -0.25) is 9.59 Å². The van der Waals surface area contributed by atoms with Crippen LogP contribution in [-0.2, 0) is 16.0 Å². The van der Waals surface area contributed by atoms with Crippen molar-refractivity contribution in [3.63, 3.8) is 0 Å². The van der Waals surface area contributed by atoms with Gasteiger partial charge in [-0.2, -0.15) is 0 Å². The molecular formula is C20H23ClN2O2. The number of benzene rings is 2. The second-order valence-corrected chi connectivity index (χ2v) is 6.50. The third kappa shape index (κ3) is 5.33. The largest absolute Gasteiger partial charge is 0.354 e. The van der Waals surface area contributed by atoms with E-state index >= 15 is 0 Å². The summed E-state index contributed by atoms with van der Waals surface area (Å²) in [7, 11) is 0. The zero-order chi connectivity index (χ0) is 18.4. The summed E-state index contributed by atoms with van der Waals surface area (Å²) in [5.41, 5.74) is 3.65. The average molecular weight is 359 g/mol. The Kier molecular flexibility index (Phi) is 6.59. The van der Waals surface area contributed by atoms with Gasteiger partial charge in [-0.25, -0.2) is 0 Å². The Bertz CT molecular complexity index is 737. The van der Waals surface area contributed by atoms with E-state index < -0.39 is 0 Å². The quantitative estimate of drug-likeness (QED) is 0.856. The Balaban J connectivity index is 1.99. The first-order chi connectivity index (χ1) is 11.9. The van der Waals surface area contributed by atoms with Gasteiger partial charge in [-0.1, -0.05) is 48.0 Å². The number of aryl methyl sites for hydroxylation is 2. The van der Waals surface area contributed by atoms with Gasteiger partial charge in [0.25, 0.3) is 0 Å². The molecule has 4 nitrogen and oxygen atoms in total. The molecule has 5 heteroatoms. The molecule has 0 aliphatic carbocycles. The third-order valence-corrected chi connectivity index (χ3v) is 4.20. The fourth-order valence-corrected chi connectivity index (χ4v) is 3.25. The molecule has 0 aromatic heterocycles. The number of nitrogens with one attached hydrogen (secondary N) is 1. The second kappa shape index (κ2) is 8.67. The Labute approximate surface area is 153 Å². The number of halogens is 1. The van der Waals surface area contributed by atoms with Crippen LogP contribution in [0.3, 0.4) is 0 Å². The molecule has 1 N–H and O–H groups in total. The van der Waals surface area contributed by atoms with Crippen molar-refractivity contribution in [1.29, 1.82) is 0 Å². The molecule has 2 amide bonds. The number of carbonyl (C=O) groups is 2. The van der Waals surface area contributed by atoms with Gasteiger partial charge in [0.05, 0.1) is 17.1 Å². The number of amides is 2. The van der Waals surface area contributed by atoms with Crippen molar-refractivity contribution in [3.8, 4) is 0 Å². The lowest BCUT2D eigenvalue weighted by Crippen LogP contribution is -2.38. The molecule has 2 aromatic rings. The molecule has 2 aromatic carbocycles. The maximum Gasteiger partial charge on any atom is 0.224 e. The molecule has 132 valence electrons. The van der Waals surface area contributed by atoms with Crippen LogP contribution in [0.5, 0.6) is 0 Å². The minimum absolute atomic E-state index is 0.0681. The van der Waals surface area contributed by atoms with Gasteiger partial charge in [0.2, 0.25) is 11.8 Å². The molecule has 25 heavy (non-hydrogen) atoms. The highest BCUT2D eigenvalue weighted by Gasteiger charge is 2.17. The van der Waals surface area contributed by atoms with Crippen LogP contribution in [0.15, 0.2) is 42.5 Å². The summed E-state index contributed by atoms with van der Waals surface area (Å²) in [5, 5.41) is 3.41. The van der Waals surface area contributed by atoms with E-state index in [1.165, 1.54) is 6.92 Å². The lowest BCUT2D eigenvalue weighted by Gasteiger charge is -2.25. The van der Waals surface area contributed by atoms with Crippen LogP contribution in [0.4, 0.5) is 5.69 Å². The normalized spacial score (nSPS) is 10.4. The first-order valence-electron chi connectivity index (χ1n) is 8.24. The van der Waals surface area contributed by atoms with Crippen LogP contribution in [0.1, 0.15) is 23.6 Å². The highest BCUT2D eigenvalue weighted by Crippen LogP contribution is 2.31. The number of nitrogens with zero attached hydrogens (tertiary/aromatic N) is 1. The van der Waals surface area contributed by atoms with E-state index in [9.17, 15) is 9.59 Å². The summed E-state index contributed by atoms with van der Waals surface area (Å²) in [6.07, 6.45) is 0.325. The standard InChI is InChI=1S/C20H23ClN2O2/c1-14-11-15(2)20(18(21)12-14)23(16(3)24)10-9-22-19(25)13-17-7-5-4-6-8-17/h4-8,11-12H,9-10,13H2,1-3H3,(H,22,25). The minimum atomic E-state index is -0.105. The SMILES string of the molecule is CC(=O)N(CCNC(=O)Cc1ccccc1)c1c(C)cc(C)cc1Cl. The molecule has 0 atom stereocenters. The predicted octanol–water partition coefficient (Wildman–Crippen LogP) is 3.67. The van der Waals surface area contributed by atoms with Crippen molar-refractivity contribution in [3.05, 3.63) is 64.2 Å². The second-order valence-electron chi connectivity index (χ2n) is 6.10. The average Bonchev–Trinajstić information content (AvgIpc) is 2.53. The smallest absolute Gasteiger partial charge is 0.224 e. The van der Waals surface area contributed by atoms with E-state index in [1.54, 1.807) is 4.90 Å². The first-order valence-corrected chi connectivity index (χ1v) is 8.61. The molecule has 0 aliphatic rings. The maximum atomic E-state index is 12.1. The Hall–Kier alpha value is -2.33. The molecule has 0 saturated carbocycles. The van der Waals surface area contributed by atoms with Crippen LogP contribution >= 0.6 is 11.6 Å². The number of hydrogen-bond donors (Lipinski definition) is 1. The van der Waals surface area contributed by atoms with Crippen molar-refractivity contribution >= 4 is 29.1 Å². The van der Waals surface area contributed by atoms with E-state index in [-0.39, 0.29) is 11.8 Å². The highest BCUT2D eigenvalue weighted by molar-refractivity contribution is 6.34. The first kappa shape index (κ1) is 19.0. The summed E-state index contributed by atoms with van der Waals surface area (Å²) >= 11 is 6.34. The zero-order valence-corrected chi connectivity index (χ0v) is 15.6. The molecule has 0 heterocycles. The predicted molar refractivity (Wildman–Crippen MR) is 102 cm³/mol. The summed E-state index contributed by atoms with van der Waals surface area (Å²) in [6.45, 7) is 6.14. The van der Waals surface area contributed by atoms with Gasteiger partial charge >= 0.3 is 0 Å². The summed E-state index contributed by atoms with van der Waals surface area (Å²) < 4.78 is 0. The molecule has 0 unspecified atom stereocenters. The van der Waals surface area contributed by atoms with Crippen molar-refractivity contribution in [2.45, 2.75) is 27.2 Å². The van der Waals surface area contributed by atoms with Gasteiger partial charge in [-0.05, 0) is 36.6 Å². The summed E-state index contributed by atoms with van der Waals surface area (Å²) in [6, 6.07) is 13.4. The summed E-state index contributed by atoms with van der Waals surface area (Å²) in [4.78, 5) is 25.7. The number of anilines is 1. The fraction of sp³-hybridized carbons (Fsp3) is 0.300. The lowest BCUT2D eigenvalue weighted by atomic mass is 10.1. The van der Waals surface area contributed by atoms with Gasteiger partial charge < -0.3 is 10.2 Å². The molecule has 0 aliphatic heterocycles. The van der Waals surface area contributed by atoms with E-state index in [1.807, 2.05) is 56.3 Å². The van der Waals surface area contributed by atoms with Crippen LogP contribution in [0.25, 0.3) is 0 Å². The van der Waals surface area contributed by atoms with E-state index in [0.717, 1.165) is 16.7 Å². The fourth-order valence-electron chi connectivity index (χ4n) is 2.83. The van der Waals surface area contributed by atoms with Crippen LogP contribution < -0.4 is 10.2 Å². The Morgan fingerprint density at radius 2 is 1.80 bits per heavy atom. The number of rotatable bonds is 6. The van der Waals surface area contributed by atoms with Crippen molar-refractivity contribution in [2.75, 3.05) is 18.0 Å².